The molecule has 0 radical (unpaired) electrons. The number of methoxy groups -OCH3 is 1. The molecule has 1 saturated heterocycles. The Morgan fingerprint density at radius 2 is 2.00 bits per heavy atom. The van der Waals surface area contributed by atoms with Gasteiger partial charge in [0.2, 0.25) is 5.91 Å². The second kappa shape index (κ2) is 12.2. The van der Waals surface area contributed by atoms with Crippen LogP contribution in [0.25, 0.3) is 5.69 Å². The monoisotopic (exact) mass is 635 g/mol. The van der Waals surface area contributed by atoms with Gasteiger partial charge in [-0.05, 0) is 60.9 Å². The number of amides is 2. The maximum absolute atomic E-state index is 14.0. The number of ether oxygens (including phenoxy) is 1. The zero-order valence-corrected chi connectivity index (χ0v) is 25.2. The van der Waals surface area contributed by atoms with Gasteiger partial charge >= 0.3 is 0 Å². The van der Waals surface area contributed by atoms with Crippen molar-refractivity contribution in [1.82, 2.24) is 9.47 Å². The van der Waals surface area contributed by atoms with Gasteiger partial charge in [-0.15, -0.1) is 0 Å². The van der Waals surface area contributed by atoms with Crippen molar-refractivity contribution in [3.05, 3.63) is 98.9 Å². The molecule has 2 aliphatic heterocycles. The van der Waals surface area contributed by atoms with Gasteiger partial charge in [0.1, 0.15) is 0 Å². The number of aromatic nitrogens is 1. The minimum Gasteiger partial charge on any atom is -0.491 e. The average Bonchev–Trinajstić information content (AvgIpc) is 3.55. The molecule has 3 atom stereocenters. The van der Waals surface area contributed by atoms with Gasteiger partial charge in [-0.25, -0.2) is 0 Å². The van der Waals surface area contributed by atoms with E-state index in [2.05, 4.69) is 15.9 Å². The molecule has 9 nitrogen and oxygen atoms in total. The Bertz CT molecular complexity index is 1590. The van der Waals surface area contributed by atoms with Gasteiger partial charge in [0, 0.05) is 40.8 Å². The van der Waals surface area contributed by atoms with E-state index in [1.807, 2.05) is 24.3 Å². The summed E-state index contributed by atoms with van der Waals surface area (Å²) in [5, 5.41) is 21.5. The number of nitrogens with zero attached hydrogens (tertiary/aromatic N) is 3. The van der Waals surface area contributed by atoms with E-state index in [-0.39, 0.29) is 42.8 Å². The maximum Gasteiger partial charge on any atom is 0.297 e. The summed E-state index contributed by atoms with van der Waals surface area (Å²) in [4.78, 5) is 42.8. The summed E-state index contributed by atoms with van der Waals surface area (Å²) in [5.41, 5.74) is 0.318. The maximum atomic E-state index is 14.0. The van der Waals surface area contributed by atoms with Crippen LogP contribution in [0.1, 0.15) is 37.3 Å². The van der Waals surface area contributed by atoms with Gasteiger partial charge in [-0.2, -0.15) is 0 Å². The molecule has 2 aromatic carbocycles. The van der Waals surface area contributed by atoms with Gasteiger partial charge in [0.15, 0.2) is 11.4 Å². The third kappa shape index (κ3) is 5.42. The third-order valence-electron chi connectivity index (χ3n) is 8.18. The van der Waals surface area contributed by atoms with Crippen LogP contribution in [0.4, 0.5) is 5.69 Å². The van der Waals surface area contributed by atoms with Gasteiger partial charge in [-0.3, -0.25) is 19.0 Å². The molecule has 2 amide bonds. The fourth-order valence-corrected chi connectivity index (χ4v) is 6.24. The van der Waals surface area contributed by atoms with E-state index in [0.29, 0.717) is 23.5 Å². The fourth-order valence-electron chi connectivity index (χ4n) is 5.88. The van der Waals surface area contributed by atoms with Crippen molar-refractivity contribution in [3.8, 4) is 11.4 Å². The third-order valence-corrected chi connectivity index (χ3v) is 8.67. The zero-order valence-electron chi connectivity index (χ0n) is 23.6. The highest BCUT2D eigenvalue weighted by Crippen LogP contribution is 2.46. The summed E-state index contributed by atoms with van der Waals surface area (Å²) in [7, 11) is 1.45. The molecule has 220 valence electrons. The number of pyridine rings is 1. The molecule has 0 spiro atoms. The highest BCUT2D eigenvalue weighted by atomic mass is 79.9. The van der Waals surface area contributed by atoms with Crippen molar-refractivity contribution in [2.75, 3.05) is 25.2 Å². The van der Waals surface area contributed by atoms with Crippen LogP contribution in [-0.4, -0.2) is 57.8 Å². The number of aliphatic hydroxyl groups is 2. The van der Waals surface area contributed by atoms with Crippen molar-refractivity contribution in [2.24, 2.45) is 5.92 Å². The lowest BCUT2D eigenvalue weighted by Crippen LogP contribution is -2.44. The Morgan fingerprint density at radius 1 is 1.19 bits per heavy atom. The summed E-state index contributed by atoms with van der Waals surface area (Å²) in [6.45, 7) is 2.50. The quantitative estimate of drug-likeness (QED) is 0.345. The van der Waals surface area contributed by atoms with E-state index >= 15 is 0 Å². The Labute approximate surface area is 252 Å². The second-order valence-electron chi connectivity index (χ2n) is 10.7. The Hall–Kier alpha value is -3.73. The largest absolute Gasteiger partial charge is 0.491 e. The number of rotatable bonds is 9. The summed E-state index contributed by atoms with van der Waals surface area (Å²) in [5.74, 6) is -0.966. The molecule has 3 heterocycles. The molecule has 0 unspecified atom stereocenters. The summed E-state index contributed by atoms with van der Waals surface area (Å²) >= 11 is 3.48. The number of fused-ring (bicyclic) bond motifs is 1. The Morgan fingerprint density at radius 3 is 2.76 bits per heavy atom. The first-order chi connectivity index (χ1) is 20.2. The summed E-state index contributed by atoms with van der Waals surface area (Å²) in [6, 6.07) is 15.9. The van der Waals surface area contributed by atoms with E-state index < -0.39 is 17.4 Å². The number of likely N-dealkylation sites (tertiary alicyclic amines) is 1. The number of aliphatic hydroxyl groups excluding tert-OH is 1. The number of carbonyl (C=O) groups excluding carboxylic acids is 2. The first-order valence-electron chi connectivity index (χ1n) is 13.9. The van der Waals surface area contributed by atoms with Crippen LogP contribution in [0.5, 0.6) is 5.75 Å². The predicted octanol–water partition coefficient (Wildman–Crippen LogP) is 3.91. The van der Waals surface area contributed by atoms with E-state index in [1.165, 1.54) is 11.7 Å². The first-order valence-corrected chi connectivity index (χ1v) is 14.7. The number of carbonyl (C=O) groups is 2. The lowest BCUT2D eigenvalue weighted by Gasteiger charge is -2.28. The molecule has 3 aromatic rings. The zero-order chi connectivity index (χ0) is 30.0. The molecule has 1 aromatic heterocycles. The minimum absolute atomic E-state index is 0.0548. The summed E-state index contributed by atoms with van der Waals surface area (Å²) in [6.07, 6.45) is 6.84. The number of halogens is 1. The number of anilines is 1. The van der Waals surface area contributed by atoms with E-state index in [4.69, 9.17) is 4.74 Å². The van der Waals surface area contributed by atoms with Crippen LogP contribution < -0.4 is 15.2 Å². The van der Waals surface area contributed by atoms with E-state index in [1.54, 1.807) is 65.4 Å². The molecular weight excluding hydrogens is 602 g/mol. The smallest absolute Gasteiger partial charge is 0.297 e. The average molecular weight is 637 g/mol. The highest BCUT2D eigenvalue weighted by Gasteiger charge is 2.52. The lowest BCUT2D eigenvalue weighted by atomic mass is 9.83. The molecule has 0 saturated carbocycles. The molecule has 0 bridgehead atoms. The van der Waals surface area contributed by atoms with Crippen LogP contribution in [0, 0.1) is 5.92 Å². The van der Waals surface area contributed by atoms with Crippen LogP contribution >= 0.6 is 15.9 Å². The van der Waals surface area contributed by atoms with Crippen LogP contribution in [-0.2, 0) is 21.7 Å². The number of hydrogen-bond acceptors (Lipinski definition) is 6. The van der Waals surface area contributed by atoms with Crippen LogP contribution in [0.15, 0.2) is 82.2 Å². The minimum atomic E-state index is -1.85. The molecule has 1 fully saturated rings. The summed E-state index contributed by atoms with van der Waals surface area (Å²) < 4.78 is 7.38. The Balaban J connectivity index is 1.40. The molecule has 42 heavy (non-hydrogen) atoms. The SMILES string of the molecule is COc1cccn(-c2cccc(CN3C(=O)[C@@](O)([C@@H](C)/C=C/CC(=O)N4CCC[C@H]4CO)c4cc(Br)ccc43)c2)c1=O. The van der Waals surface area contributed by atoms with E-state index in [0.717, 1.165) is 22.9 Å². The highest BCUT2D eigenvalue weighted by molar-refractivity contribution is 9.10. The van der Waals surface area contributed by atoms with Crippen molar-refractivity contribution < 1.29 is 24.5 Å². The standard InChI is InChI=1S/C32H34BrN3O6/c1-21(7-3-12-29(38)34-15-5-10-25(34)20-37)32(41)26-18-23(33)13-14-27(26)36(31(32)40)19-22-8-4-9-24(17-22)35-16-6-11-28(42-2)30(35)39/h3-4,6-9,11,13-14,16-18,21,25,37,41H,5,10,12,15,19-20H2,1-2H3/b7-3+/t21-,25-,32+/m0/s1. The van der Waals surface area contributed by atoms with Gasteiger partial charge in [0.25, 0.3) is 11.5 Å². The first kappa shape index (κ1) is 29.8. The van der Waals surface area contributed by atoms with Crippen molar-refractivity contribution in [2.45, 2.75) is 44.4 Å². The molecular formula is C32H34BrN3O6. The van der Waals surface area contributed by atoms with Gasteiger partial charge < -0.3 is 24.7 Å². The van der Waals surface area contributed by atoms with Crippen molar-refractivity contribution >= 4 is 33.4 Å². The van der Waals surface area contributed by atoms with E-state index in [9.17, 15) is 24.6 Å². The Kier molecular flexibility index (Phi) is 8.68. The molecule has 2 N–H and O–H groups in total. The normalized spacial score (nSPS) is 20.8. The molecule has 0 aliphatic carbocycles. The molecule has 10 heteroatoms. The van der Waals surface area contributed by atoms with Crippen LogP contribution in [0.2, 0.25) is 0 Å². The van der Waals surface area contributed by atoms with Crippen molar-refractivity contribution in [1.29, 1.82) is 0 Å². The lowest BCUT2D eigenvalue weighted by molar-refractivity contribution is -0.139. The molecule has 5 rings (SSSR count). The van der Waals surface area contributed by atoms with Gasteiger partial charge in [-0.1, -0.05) is 47.1 Å². The number of benzene rings is 2. The molecule has 2 aliphatic rings. The number of hydrogen-bond donors (Lipinski definition) is 2. The van der Waals surface area contributed by atoms with Crippen molar-refractivity contribution in [3.63, 3.8) is 0 Å². The predicted molar refractivity (Wildman–Crippen MR) is 163 cm³/mol. The van der Waals surface area contributed by atoms with Gasteiger partial charge in [0.05, 0.1) is 32.0 Å². The fraction of sp³-hybridized carbons (Fsp3) is 0.344. The van der Waals surface area contributed by atoms with Crippen LogP contribution in [0.3, 0.4) is 0 Å². The topological polar surface area (TPSA) is 112 Å². The second-order valence-corrected chi connectivity index (χ2v) is 11.6.